The van der Waals surface area contributed by atoms with Gasteiger partial charge in [0.05, 0.1) is 6.54 Å². The van der Waals surface area contributed by atoms with Gasteiger partial charge in [-0.25, -0.2) is 13.6 Å². The predicted molar refractivity (Wildman–Crippen MR) is 95.2 cm³/mol. The summed E-state index contributed by atoms with van der Waals surface area (Å²) in [5, 5.41) is 13.6. The molecule has 0 atom stereocenters. The number of halogens is 3. The molecule has 1 aromatic heterocycles. The molecule has 0 fully saturated rings. The highest BCUT2D eigenvalue weighted by molar-refractivity contribution is 6.30. The number of hydrogen-bond donors (Lipinski definition) is 1. The third kappa shape index (κ3) is 4.43. The molecular weight excluding hydrogens is 378 g/mol. The Morgan fingerprint density at radius 1 is 1.19 bits per heavy atom. The van der Waals surface area contributed by atoms with E-state index in [1.54, 1.807) is 25.1 Å². The monoisotopic (exact) mass is 392 g/mol. The van der Waals surface area contributed by atoms with E-state index >= 15 is 0 Å². The zero-order valence-corrected chi connectivity index (χ0v) is 15.0. The Labute approximate surface area is 158 Å². The average Bonchev–Trinajstić information content (AvgIpc) is 2.97. The zero-order valence-electron chi connectivity index (χ0n) is 14.2. The molecule has 0 unspecified atom stereocenters. The molecule has 0 aliphatic heterocycles. The first-order chi connectivity index (χ1) is 12.8. The van der Waals surface area contributed by atoms with Crippen molar-refractivity contribution in [3.8, 4) is 5.75 Å². The fraction of sp³-hybridized carbons (Fsp3) is 0.158. The van der Waals surface area contributed by atoms with Gasteiger partial charge >= 0.3 is 5.97 Å². The van der Waals surface area contributed by atoms with Crippen molar-refractivity contribution in [3.63, 3.8) is 0 Å². The lowest BCUT2D eigenvalue weighted by atomic mass is 10.2. The number of carboxylic acid groups (broad SMARTS) is 1. The zero-order chi connectivity index (χ0) is 19.6. The second-order valence-corrected chi connectivity index (χ2v) is 6.35. The van der Waals surface area contributed by atoms with Crippen LogP contribution in [0.25, 0.3) is 0 Å². The molecule has 140 valence electrons. The fourth-order valence-electron chi connectivity index (χ4n) is 2.54. The van der Waals surface area contributed by atoms with Gasteiger partial charge in [0.2, 0.25) is 0 Å². The topological polar surface area (TPSA) is 64.3 Å². The number of ether oxygens (including phenoxy) is 1. The average molecular weight is 393 g/mol. The molecule has 0 bridgehead atoms. The van der Waals surface area contributed by atoms with E-state index in [1.807, 2.05) is 0 Å². The molecule has 0 spiro atoms. The van der Waals surface area contributed by atoms with Crippen LogP contribution in [0.5, 0.6) is 5.75 Å². The summed E-state index contributed by atoms with van der Waals surface area (Å²) in [5.74, 6) is -2.03. The first-order valence-electron chi connectivity index (χ1n) is 7.96. The Balaban J connectivity index is 1.84. The van der Waals surface area contributed by atoms with Crippen LogP contribution in [0.4, 0.5) is 8.78 Å². The molecule has 0 saturated heterocycles. The highest BCUT2D eigenvalue weighted by Gasteiger charge is 2.14. The SMILES string of the molecule is Cc1cc(C(=O)O)nn1Cc1cc(Cl)ccc1OCc1ccc(F)cc1F. The number of benzene rings is 2. The Hall–Kier alpha value is -2.93. The van der Waals surface area contributed by atoms with Gasteiger partial charge in [-0.2, -0.15) is 5.10 Å². The van der Waals surface area contributed by atoms with Crippen LogP contribution in [0.15, 0.2) is 42.5 Å². The highest BCUT2D eigenvalue weighted by Crippen LogP contribution is 2.25. The molecule has 3 aromatic rings. The first kappa shape index (κ1) is 18.8. The van der Waals surface area contributed by atoms with E-state index in [0.29, 0.717) is 22.0 Å². The Kier molecular flexibility index (Phi) is 5.41. The molecule has 27 heavy (non-hydrogen) atoms. The van der Waals surface area contributed by atoms with Crippen LogP contribution in [0.2, 0.25) is 5.02 Å². The van der Waals surface area contributed by atoms with E-state index in [4.69, 9.17) is 21.4 Å². The summed E-state index contributed by atoms with van der Waals surface area (Å²) < 4.78 is 34.0. The molecule has 0 aliphatic rings. The quantitative estimate of drug-likeness (QED) is 0.673. The molecule has 8 heteroatoms. The standard InChI is InChI=1S/C19H15ClF2N2O3/c1-11-6-17(19(25)26)23-24(11)9-13-7-14(20)3-5-18(13)27-10-12-2-4-15(21)8-16(12)22/h2-8H,9-10H2,1H3,(H,25,26). The number of aromatic nitrogens is 2. The molecule has 1 N–H and O–H groups in total. The fourth-order valence-corrected chi connectivity index (χ4v) is 2.74. The smallest absolute Gasteiger partial charge is 0.356 e. The third-order valence-electron chi connectivity index (χ3n) is 3.94. The van der Waals surface area contributed by atoms with Gasteiger partial charge in [0.1, 0.15) is 24.0 Å². The molecule has 5 nitrogen and oxygen atoms in total. The van der Waals surface area contributed by atoms with Crippen LogP contribution >= 0.6 is 11.6 Å². The summed E-state index contributed by atoms with van der Waals surface area (Å²) in [6, 6.07) is 9.65. The summed E-state index contributed by atoms with van der Waals surface area (Å²) in [6.45, 7) is 1.86. The van der Waals surface area contributed by atoms with Gasteiger partial charge in [-0.1, -0.05) is 11.6 Å². The Morgan fingerprint density at radius 3 is 2.63 bits per heavy atom. The molecule has 0 amide bonds. The summed E-state index contributed by atoms with van der Waals surface area (Å²) >= 11 is 6.06. The van der Waals surface area contributed by atoms with Gasteiger partial charge < -0.3 is 9.84 Å². The molecule has 0 aliphatic carbocycles. The van der Waals surface area contributed by atoms with E-state index in [9.17, 15) is 13.6 Å². The van der Waals surface area contributed by atoms with Gasteiger partial charge in [0, 0.05) is 27.9 Å². The molecule has 0 saturated carbocycles. The lowest BCUT2D eigenvalue weighted by Crippen LogP contribution is -2.08. The maximum atomic E-state index is 13.8. The van der Waals surface area contributed by atoms with Crippen molar-refractivity contribution in [2.75, 3.05) is 0 Å². The van der Waals surface area contributed by atoms with E-state index in [2.05, 4.69) is 5.10 Å². The van der Waals surface area contributed by atoms with Gasteiger partial charge in [0.15, 0.2) is 5.69 Å². The largest absolute Gasteiger partial charge is 0.488 e. The van der Waals surface area contributed by atoms with Crippen molar-refractivity contribution in [2.24, 2.45) is 0 Å². The van der Waals surface area contributed by atoms with Crippen molar-refractivity contribution in [2.45, 2.75) is 20.1 Å². The molecule has 0 radical (unpaired) electrons. The maximum absolute atomic E-state index is 13.8. The van der Waals surface area contributed by atoms with E-state index in [1.165, 1.54) is 16.8 Å². The van der Waals surface area contributed by atoms with E-state index < -0.39 is 17.6 Å². The normalized spacial score (nSPS) is 10.8. The highest BCUT2D eigenvalue weighted by atomic mass is 35.5. The lowest BCUT2D eigenvalue weighted by molar-refractivity contribution is 0.0689. The van der Waals surface area contributed by atoms with Crippen molar-refractivity contribution in [3.05, 3.63) is 81.6 Å². The van der Waals surface area contributed by atoms with Crippen LogP contribution in [-0.2, 0) is 13.2 Å². The molecule has 1 heterocycles. The number of rotatable bonds is 6. The molecule has 3 rings (SSSR count). The summed E-state index contributed by atoms with van der Waals surface area (Å²) in [5.41, 5.74) is 1.45. The van der Waals surface area contributed by atoms with Gasteiger partial charge in [-0.15, -0.1) is 0 Å². The van der Waals surface area contributed by atoms with Crippen molar-refractivity contribution in [1.82, 2.24) is 9.78 Å². The second-order valence-electron chi connectivity index (χ2n) is 5.91. The summed E-state index contributed by atoms with van der Waals surface area (Å²) in [4.78, 5) is 11.1. The van der Waals surface area contributed by atoms with Gasteiger partial charge in [-0.3, -0.25) is 4.68 Å². The van der Waals surface area contributed by atoms with E-state index in [0.717, 1.165) is 12.1 Å². The van der Waals surface area contributed by atoms with Crippen LogP contribution in [0, 0.1) is 18.6 Å². The van der Waals surface area contributed by atoms with Crippen LogP contribution in [0.1, 0.15) is 27.3 Å². The number of carbonyl (C=O) groups is 1. The molecule has 2 aromatic carbocycles. The Morgan fingerprint density at radius 2 is 1.96 bits per heavy atom. The van der Waals surface area contributed by atoms with Crippen LogP contribution in [-0.4, -0.2) is 20.9 Å². The number of carboxylic acids is 1. The Bertz CT molecular complexity index is 1000. The third-order valence-corrected chi connectivity index (χ3v) is 4.18. The number of aryl methyl sites for hydroxylation is 1. The minimum atomic E-state index is -1.12. The number of nitrogens with zero attached hydrogens (tertiary/aromatic N) is 2. The number of aromatic carboxylic acids is 1. The van der Waals surface area contributed by atoms with E-state index in [-0.39, 0.29) is 24.4 Å². The summed E-state index contributed by atoms with van der Waals surface area (Å²) in [6.07, 6.45) is 0. The second kappa shape index (κ2) is 7.75. The molecular formula is C19H15ClF2N2O3. The van der Waals surface area contributed by atoms with Crippen molar-refractivity contribution in [1.29, 1.82) is 0 Å². The van der Waals surface area contributed by atoms with Crippen LogP contribution in [0.3, 0.4) is 0 Å². The predicted octanol–water partition coefficient (Wildman–Crippen LogP) is 4.45. The van der Waals surface area contributed by atoms with Crippen molar-refractivity contribution < 1.29 is 23.4 Å². The van der Waals surface area contributed by atoms with Gasteiger partial charge in [0.25, 0.3) is 0 Å². The lowest BCUT2D eigenvalue weighted by Gasteiger charge is -2.13. The first-order valence-corrected chi connectivity index (χ1v) is 8.34. The summed E-state index contributed by atoms with van der Waals surface area (Å²) in [7, 11) is 0. The minimum absolute atomic E-state index is 0.0645. The minimum Gasteiger partial charge on any atom is -0.488 e. The van der Waals surface area contributed by atoms with Gasteiger partial charge in [-0.05, 0) is 43.3 Å². The number of hydrogen-bond acceptors (Lipinski definition) is 3. The van der Waals surface area contributed by atoms with Crippen LogP contribution < -0.4 is 4.74 Å². The maximum Gasteiger partial charge on any atom is 0.356 e. The van der Waals surface area contributed by atoms with Crippen molar-refractivity contribution >= 4 is 17.6 Å².